The molecule has 1 unspecified atom stereocenters. The van der Waals surface area contributed by atoms with Gasteiger partial charge in [0.15, 0.2) is 0 Å². The molecule has 138 valence electrons. The van der Waals surface area contributed by atoms with E-state index in [1.807, 2.05) is 0 Å². The molecule has 0 aliphatic carbocycles. The third kappa shape index (κ3) is 3.85. The number of rotatable bonds is 6. The second-order valence-electron chi connectivity index (χ2n) is 6.11. The molecule has 1 aromatic heterocycles. The second-order valence-corrected chi connectivity index (χ2v) is 6.11. The van der Waals surface area contributed by atoms with E-state index in [2.05, 4.69) is 10.4 Å². The number of non-ortho nitro benzene ring substituents is 1. The molecule has 0 saturated heterocycles. The van der Waals surface area contributed by atoms with E-state index in [9.17, 15) is 25.0 Å². The van der Waals surface area contributed by atoms with E-state index in [1.54, 1.807) is 27.7 Å². The molecule has 0 saturated carbocycles. The Morgan fingerprint density at radius 3 is 2.38 bits per heavy atom. The Bertz CT molecular complexity index is 889. The van der Waals surface area contributed by atoms with E-state index in [1.165, 1.54) is 22.9 Å². The van der Waals surface area contributed by atoms with Gasteiger partial charge in [-0.15, -0.1) is 0 Å². The number of aromatic nitrogens is 2. The number of nitrogens with one attached hydrogen (secondary N) is 1. The van der Waals surface area contributed by atoms with Crippen LogP contribution >= 0.6 is 0 Å². The zero-order chi connectivity index (χ0) is 19.6. The molecule has 0 spiro atoms. The van der Waals surface area contributed by atoms with Crippen molar-refractivity contribution in [3.05, 3.63) is 55.4 Å². The molecular weight excluding hydrogens is 342 g/mol. The number of anilines is 1. The van der Waals surface area contributed by atoms with Crippen molar-refractivity contribution in [2.24, 2.45) is 5.92 Å². The summed E-state index contributed by atoms with van der Waals surface area (Å²) >= 11 is 0. The summed E-state index contributed by atoms with van der Waals surface area (Å²) in [7, 11) is 0. The molecule has 10 heteroatoms. The first-order valence-electron chi connectivity index (χ1n) is 7.86. The molecule has 0 fully saturated rings. The van der Waals surface area contributed by atoms with Crippen LogP contribution < -0.4 is 5.32 Å². The highest BCUT2D eigenvalue weighted by Gasteiger charge is 2.24. The maximum Gasteiger partial charge on any atom is 0.312 e. The standard InChI is InChI=1S/C16H19N5O5/c1-9-7-13(20(23)24)5-6-14(9)17-16(22)10(2)8-19-12(4)15(21(25)26)11(3)18-19/h5-7,10H,8H2,1-4H3,(H,17,22). The lowest BCUT2D eigenvalue weighted by Crippen LogP contribution is -2.25. The second kappa shape index (κ2) is 7.30. The van der Waals surface area contributed by atoms with E-state index in [0.717, 1.165) is 0 Å². The summed E-state index contributed by atoms with van der Waals surface area (Å²) in [6.45, 7) is 6.66. The summed E-state index contributed by atoms with van der Waals surface area (Å²) in [5.74, 6) is -0.820. The summed E-state index contributed by atoms with van der Waals surface area (Å²) in [5, 5.41) is 28.7. The smallest absolute Gasteiger partial charge is 0.312 e. The fourth-order valence-electron chi connectivity index (χ4n) is 2.63. The molecule has 0 aliphatic rings. The predicted molar refractivity (Wildman–Crippen MR) is 94.0 cm³/mol. The van der Waals surface area contributed by atoms with Gasteiger partial charge in [0.25, 0.3) is 5.69 Å². The van der Waals surface area contributed by atoms with Crippen LogP contribution in [0.2, 0.25) is 0 Å². The van der Waals surface area contributed by atoms with Gasteiger partial charge in [-0.2, -0.15) is 5.10 Å². The number of carbonyl (C=O) groups is 1. The van der Waals surface area contributed by atoms with Crippen LogP contribution in [0, 0.1) is 46.9 Å². The first-order valence-corrected chi connectivity index (χ1v) is 7.86. The predicted octanol–water partition coefficient (Wildman–Crippen LogP) is 2.90. The molecule has 0 bridgehead atoms. The van der Waals surface area contributed by atoms with Crippen LogP contribution in [0.5, 0.6) is 0 Å². The van der Waals surface area contributed by atoms with Gasteiger partial charge in [-0.25, -0.2) is 0 Å². The van der Waals surface area contributed by atoms with Crippen LogP contribution in [0.3, 0.4) is 0 Å². The van der Waals surface area contributed by atoms with Crippen molar-refractivity contribution in [2.45, 2.75) is 34.2 Å². The summed E-state index contributed by atoms with van der Waals surface area (Å²) in [5.41, 5.74) is 1.63. The molecular formula is C16H19N5O5. The Morgan fingerprint density at radius 2 is 1.88 bits per heavy atom. The number of aryl methyl sites for hydroxylation is 2. The lowest BCUT2D eigenvalue weighted by Gasteiger charge is -2.14. The zero-order valence-electron chi connectivity index (χ0n) is 14.8. The van der Waals surface area contributed by atoms with Gasteiger partial charge in [-0.1, -0.05) is 6.92 Å². The molecule has 1 heterocycles. The van der Waals surface area contributed by atoms with E-state index < -0.39 is 15.8 Å². The number of nitro groups is 2. The zero-order valence-corrected chi connectivity index (χ0v) is 14.8. The molecule has 1 N–H and O–H groups in total. The first-order chi connectivity index (χ1) is 12.1. The highest BCUT2D eigenvalue weighted by Crippen LogP contribution is 2.24. The van der Waals surface area contributed by atoms with Crippen molar-refractivity contribution in [3.8, 4) is 0 Å². The van der Waals surface area contributed by atoms with Gasteiger partial charge in [0, 0.05) is 17.8 Å². The normalized spacial score (nSPS) is 11.8. The third-order valence-corrected chi connectivity index (χ3v) is 4.10. The Kier molecular flexibility index (Phi) is 5.34. The topological polar surface area (TPSA) is 133 Å². The maximum absolute atomic E-state index is 12.4. The summed E-state index contributed by atoms with van der Waals surface area (Å²) < 4.78 is 1.44. The van der Waals surface area contributed by atoms with Crippen LogP contribution in [0.4, 0.5) is 17.1 Å². The minimum Gasteiger partial charge on any atom is -0.326 e. The van der Waals surface area contributed by atoms with E-state index in [0.29, 0.717) is 22.6 Å². The van der Waals surface area contributed by atoms with Crippen molar-refractivity contribution < 1.29 is 14.6 Å². The van der Waals surface area contributed by atoms with Crippen molar-refractivity contribution in [1.29, 1.82) is 0 Å². The van der Waals surface area contributed by atoms with Gasteiger partial charge < -0.3 is 5.32 Å². The number of benzene rings is 1. The van der Waals surface area contributed by atoms with Gasteiger partial charge in [-0.05, 0) is 32.4 Å². The molecule has 1 aromatic carbocycles. The first kappa shape index (κ1) is 19.0. The third-order valence-electron chi connectivity index (χ3n) is 4.10. The molecule has 0 aliphatic heterocycles. The Hall–Kier alpha value is -3.30. The average Bonchev–Trinajstić information content (AvgIpc) is 2.82. The van der Waals surface area contributed by atoms with Gasteiger partial charge in [0.05, 0.1) is 22.3 Å². The maximum atomic E-state index is 12.4. The molecule has 2 rings (SSSR count). The summed E-state index contributed by atoms with van der Waals surface area (Å²) in [4.78, 5) is 33.2. The Balaban J connectivity index is 2.12. The number of nitrogens with zero attached hydrogens (tertiary/aromatic N) is 4. The lowest BCUT2D eigenvalue weighted by molar-refractivity contribution is -0.386. The molecule has 2 aromatic rings. The minimum absolute atomic E-state index is 0.0520. The molecule has 1 amide bonds. The largest absolute Gasteiger partial charge is 0.326 e. The number of nitro benzene ring substituents is 1. The van der Waals surface area contributed by atoms with Crippen LogP contribution in [0.15, 0.2) is 18.2 Å². The SMILES string of the molecule is Cc1cc([N+](=O)[O-])ccc1NC(=O)C(C)Cn1nc(C)c([N+](=O)[O-])c1C. The molecule has 26 heavy (non-hydrogen) atoms. The van der Waals surface area contributed by atoms with Crippen LogP contribution in [0.1, 0.15) is 23.9 Å². The van der Waals surface area contributed by atoms with Crippen molar-refractivity contribution in [1.82, 2.24) is 9.78 Å². The van der Waals surface area contributed by atoms with Gasteiger partial charge in [0.2, 0.25) is 5.91 Å². The number of amides is 1. The minimum atomic E-state index is -0.512. The Morgan fingerprint density at radius 1 is 1.23 bits per heavy atom. The monoisotopic (exact) mass is 361 g/mol. The highest BCUT2D eigenvalue weighted by atomic mass is 16.6. The quantitative estimate of drug-likeness (QED) is 0.621. The Labute approximate surface area is 149 Å². The number of hydrogen-bond donors (Lipinski definition) is 1. The average molecular weight is 361 g/mol. The van der Waals surface area contributed by atoms with Gasteiger partial charge >= 0.3 is 5.69 Å². The molecule has 10 nitrogen and oxygen atoms in total. The van der Waals surface area contributed by atoms with E-state index in [-0.39, 0.29) is 23.8 Å². The van der Waals surface area contributed by atoms with Crippen molar-refractivity contribution in [2.75, 3.05) is 5.32 Å². The van der Waals surface area contributed by atoms with Crippen LogP contribution in [0.25, 0.3) is 0 Å². The molecule has 1 atom stereocenters. The van der Waals surface area contributed by atoms with Crippen molar-refractivity contribution in [3.63, 3.8) is 0 Å². The van der Waals surface area contributed by atoms with Crippen LogP contribution in [-0.2, 0) is 11.3 Å². The highest BCUT2D eigenvalue weighted by molar-refractivity contribution is 5.93. The van der Waals surface area contributed by atoms with E-state index >= 15 is 0 Å². The van der Waals surface area contributed by atoms with Gasteiger partial charge in [-0.3, -0.25) is 29.7 Å². The summed E-state index contributed by atoms with van der Waals surface area (Å²) in [6.07, 6.45) is 0. The fraction of sp³-hybridized carbons (Fsp3) is 0.375. The fourth-order valence-corrected chi connectivity index (χ4v) is 2.63. The lowest BCUT2D eigenvalue weighted by atomic mass is 10.1. The number of hydrogen-bond acceptors (Lipinski definition) is 6. The van der Waals surface area contributed by atoms with E-state index in [4.69, 9.17) is 0 Å². The molecule has 0 radical (unpaired) electrons. The number of carbonyl (C=O) groups excluding carboxylic acids is 1. The van der Waals surface area contributed by atoms with Crippen LogP contribution in [-0.4, -0.2) is 25.5 Å². The summed E-state index contributed by atoms with van der Waals surface area (Å²) in [6, 6.07) is 4.18. The van der Waals surface area contributed by atoms with Crippen molar-refractivity contribution >= 4 is 23.0 Å². The van der Waals surface area contributed by atoms with Gasteiger partial charge in [0.1, 0.15) is 11.4 Å².